The van der Waals surface area contributed by atoms with Crippen molar-refractivity contribution in [3.63, 3.8) is 0 Å². The number of hydrogen-bond acceptors (Lipinski definition) is 5. The molecular formula is C30H34N2O4. The second kappa shape index (κ2) is 10.9. The first kappa shape index (κ1) is 25.4. The molecule has 2 heterocycles. The normalized spacial score (nSPS) is 15.0. The molecule has 36 heavy (non-hydrogen) atoms. The number of Topliss-reactive ketones (excluding diaryl/α,β-unsaturated/α-hetero) is 1. The fourth-order valence-electron chi connectivity index (χ4n) is 4.46. The van der Waals surface area contributed by atoms with E-state index in [4.69, 9.17) is 9.47 Å². The third kappa shape index (κ3) is 5.59. The molecule has 4 rings (SSSR count). The van der Waals surface area contributed by atoms with Crippen LogP contribution in [-0.4, -0.2) is 34.0 Å². The molecular weight excluding hydrogens is 452 g/mol. The van der Waals surface area contributed by atoms with Gasteiger partial charge in [-0.3, -0.25) is 9.59 Å². The summed E-state index contributed by atoms with van der Waals surface area (Å²) < 4.78 is 13.6. The number of carbonyl (C=O) groups excluding carboxylic acids is 2. The number of aryl methyl sites for hydroxylation is 3. The SMILES string of the molecule is CCOC(=O)C(C)(C)C(=O)CCc1ccc2c(c1)C=C(c1nccn1C)C(CCc1ccccc1)O2. The van der Waals surface area contributed by atoms with E-state index in [1.165, 1.54) is 5.56 Å². The molecule has 0 fully saturated rings. The minimum atomic E-state index is -1.15. The first-order valence-corrected chi connectivity index (χ1v) is 12.5. The molecule has 1 aliphatic heterocycles. The summed E-state index contributed by atoms with van der Waals surface area (Å²) in [4.78, 5) is 29.5. The van der Waals surface area contributed by atoms with Crippen molar-refractivity contribution in [3.8, 4) is 5.75 Å². The zero-order valence-corrected chi connectivity index (χ0v) is 21.5. The van der Waals surface area contributed by atoms with Crippen molar-refractivity contribution in [1.29, 1.82) is 0 Å². The molecule has 0 saturated carbocycles. The smallest absolute Gasteiger partial charge is 0.319 e. The number of imidazole rings is 1. The van der Waals surface area contributed by atoms with E-state index in [1.807, 2.05) is 36.0 Å². The Kier molecular flexibility index (Phi) is 7.73. The molecule has 6 nitrogen and oxygen atoms in total. The van der Waals surface area contributed by atoms with Crippen molar-refractivity contribution in [2.24, 2.45) is 12.5 Å². The predicted molar refractivity (Wildman–Crippen MR) is 140 cm³/mol. The Balaban J connectivity index is 1.53. The van der Waals surface area contributed by atoms with E-state index in [0.717, 1.165) is 41.1 Å². The molecule has 1 aliphatic rings. The Morgan fingerprint density at radius 1 is 1.08 bits per heavy atom. The van der Waals surface area contributed by atoms with E-state index in [1.54, 1.807) is 27.0 Å². The zero-order chi connectivity index (χ0) is 25.7. The maximum atomic E-state index is 12.8. The number of aromatic nitrogens is 2. The highest BCUT2D eigenvalue weighted by atomic mass is 16.5. The lowest BCUT2D eigenvalue weighted by molar-refractivity contribution is -0.157. The van der Waals surface area contributed by atoms with Crippen molar-refractivity contribution in [2.45, 2.75) is 52.6 Å². The summed E-state index contributed by atoms with van der Waals surface area (Å²) in [5.41, 5.74) is 3.16. The third-order valence-electron chi connectivity index (χ3n) is 6.74. The number of nitrogens with zero attached hydrogens (tertiary/aromatic N) is 2. The van der Waals surface area contributed by atoms with Gasteiger partial charge in [0.2, 0.25) is 0 Å². The topological polar surface area (TPSA) is 70.4 Å². The lowest BCUT2D eigenvalue weighted by Crippen LogP contribution is -2.35. The molecule has 1 aromatic heterocycles. The van der Waals surface area contributed by atoms with Crippen LogP contribution in [0.3, 0.4) is 0 Å². The number of benzene rings is 2. The maximum absolute atomic E-state index is 12.8. The molecule has 188 valence electrons. The average molecular weight is 487 g/mol. The number of hydrogen-bond donors (Lipinski definition) is 0. The maximum Gasteiger partial charge on any atom is 0.319 e. The van der Waals surface area contributed by atoms with Gasteiger partial charge in [0.05, 0.1) is 6.61 Å². The van der Waals surface area contributed by atoms with E-state index in [0.29, 0.717) is 6.42 Å². The van der Waals surface area contributed by atoms with Gasteiger partial charge in [0.1, 0.15) is 28.9 Å². The Morgan fingerprint density at radius 2 is 1.86 bits per heavy atom. The predicted octanol–water partition coefficient (Wildman–Crippen LogP) is 5.45. The molecule has 0 spiro atoms. The van der Waals surface area contributed by atoms with Crippen LogP contribution in [0.5, 0.6) is 5.75 Å². The highest BCUT2D eigenvalue weighted by Crippen LogP contribution is 2.36. The number of fused-ring (bicyclic) bond motifs is 1. The van der Waals surface area contributed by atoms with E-state index in [9.17, 15) is 9.59 Å². The monoisotopic (exact) mass is 486 g/mol. The summed E-state index contributed by atoms with van der Waals surface area (Å²) in [6.07, 6.45) is 8.32. The van der Waals surface area contributed by atoms with Gasteiger partial charge in [-0.05, 0) is 69.4 Å². The van der Waals surface area contributed by atoms with Crippen molar-refractivity contribution >= 4 is 23.4 Å². The molecule has 0 saturated heterocycles. The largest absolute Gasteiger partial charge is 0.485 e. The fraction of sp³-hybridized carbons (Fsp3) is 0.367. The van der Waals surface area contributed by atoms with Gasteiger partial charge in [-0.25, -0.2) is 4.98 Å². The molecule has 0 amide bonds. The van der Waals surface area contributed by atoms with Gasteiger partial charge in [0.15, 0.2) is 0 Å². The van der Waals surface area contributed by atoms with Gasteiger partial charge in [0.25, 0.3) is 0 Å². The number of ketones is 1. The molecule has 3 aromatic rings. The summed E-state index contributed by atoms with van der Waals surface area (Å²) in [5.74, 6) is 1.11. The number of ether oxygens (including phenoxy) is 2. The van der Waals surface area contributed by atoms with Crippen LogP contribution in [0.15, 0.2) is 60.9 Å². The molecule has 6 heteroatoms. The van der Waals surface area contributed by atoms with Gasteiger partial charge < -0.3 is 14.0 Å². The van der Waals surface area contributed by atoms with E-state index in [-0.39, 0.29) is 24.9 Å². The molecule has 0 aliphatic carbocycles. The van der Waals surface area contributed by atoms with Crippen LogP contribution in [0.2, 0.25) is 0 Å². The van der Waals surface area contributed by atoms with Crippen LogP contribution < -0.4 is 4.74 Å². The summed E-state index contributed by atoms with van der Waals surface area (Å²) in [6.45, 7) is 5.26. The second-order valence-electron chi connectivity index (χ2n) is 9.73. The number of rotatable bonds is 10. The second-order valence-corrected chi connectivity index (χ2v) is 9.73. The molecule has 0 bridgehead atoms. The Hall–Kier alpha value is -3.67. The summed E-state index contributed by atoms with van der Waals surface area (Å²) >= 11 is 0. The van der Waals surface area contributed by atoms with Crippen molar-refractivity contribution < 1.29 is 19.1 Å². The Bertz CT molecular complexity index is 1260. The molecule has 2 aromatic carbocycles. The number of esters is 1. The molecule has 1 atom stereocenters. The first-order valence-electron chi connectivity index (χ1n) is 12.5. The van der Waals surface area contributed by atoms with Crippen molar-refractivity contribution in [1.82, 2.24) is 9.55 Å². The highest BCUT2D eigenvalue weighted by Gasteiger charge is 2.36. The van der Waals surface area contributed by atoms with E-state index >= 15 is 0 Å². The van der Waals surface area contributed by atoms with E-state index < -0.39 is 11.4 Å². The lowest BCUT2D eigenvalue weighted by Gasteiger charge is -2.28. The molecule has 1 unspecified atom stereocenters. The van der Waals surface area contributed by atoms with Gasteiger partial charge in [-0.1, -0.05) is 36.4 Å². The van der Waals surface area contributed by atoms with Crippen LogP contribution >= 0.6 is 0 Å². The first-order chi connectivity index (χ1) is 17.3. The summed E-state index contributed by atoms with van der Waals surface area (Å²) in [6, 6.07) is 16.5. The van der Waals surface area contributed by atoms with E-state index in [2.05, 4.69) is 41.4 Å². The van der Waals surface area contributed by atoms with Gasteiger partial charge >= 0.3 is 5.97 Å². The summed E-state index contributed by atoms with van der Waals surface area (Å²) in [7, 11) is 1.99. The highest BCUT2D eigenvalue weighted by molar-refractivity contribution is 6.03. The van der Waals surface area contributed by atoms with Crippen molar-refractivity contribution in [3.05, 3.63) is 83.4 Å². The minimum Gasteiger partial charge on any atom is -0.485 e. The lowest BCUT2D eigenvalue weighted by atomic mass is 9.85. The zero-order valence-electron chi connectivity index (χ0n) is 21.5. The Morgan fingerprint density at radius 3 is 2.56 bits per heavy atom. The van der Waals surface area contributed by atoms with Gasteiger partial charge in [-0.2, -0.15) is 0 Å². The summed E-state index contributed by atoms with van der Waals surface area (Å²) in [5, 5.41) is 0. The fourth-order valence-corrected chi connectivity index (χ4v) is 4.46. The Labute approximate surface area is 213 Å². The number of carbonyl (C=O) groups is 2. The van der Waals surface area contributed by atoms with Crippen molar-refractivity contribution in [2.75, 3.05) is 6.61 Å². The van der Waals surface area contributed by atoms with Crippen LogP contribution in [0.4, 0.5) is 0 Å². The standard InChI is InChI=1S/C30H34N2O4/c1-5-35-29(34)30(2,3)27(33)16-13-22-12-14-25-23(19-22)20-24(28-31-17-18-32(28)4)26(36-25)15-11-21-9-7-6-8-10-21/h6-10,12,14,17-20,26H,5,11,13,15-16H2,1-4H3. The van der Waals surface area contributed by atoms with Crippen LogP contribution in [0, 0.1) is 5.41 Å². The molecule has 0 N–H and O–H groups in total. The van der Waals surface area contributed by atoms with Gasteiger partial charge in [0, 0.05) is 37.0 Å². The third-order valence-corrected chi connectivity index (χ3v) is 6.74. The van der Waals surface area contributed by atoms with Crippen LogP contribution in [0.1, 0.15) is 56.1 Å². The molecule has 0 radical (unpaired) electrons. The average Bonchev–Trinajstić information content (AvgIpc) is 3.31. The van der Waals surface area contributed by atoms with Crippen LogP contribution in [0.25, 0.3) is 11.6 Å². The quantitative estimate of drug-likeness (QED) is 0.282. The van der Waals surface area contributed by atoms with Gasteiger partial charge in [-0.15, -0.1) is 0 Å². The van der Waals surface area contributed by atoms with Crippen LogP contribution in [-0.2, 0) is 34.2 Å². The minimum absolute atomic E-state index is 0.114.